The zero-order chi connectivity index (χ0) is 13.0. The molecule has 0 saturated heterocycles. The van der Waals surface area contributed by atoms with E-state index in [4.69, 9.17) is 9.47 Å². The Balaban J connectivity index is 2.09. The molecule has 7 nitrogen and oxygen atoms in total. The molecule has 2 aromatic rings. The van der Waals surface area contributed by atoms with Gasteiger partial charge in [-0.05, 0) is 12.1 Å². The molecule has 0 fully saturated rings. The lowest BCUT2D eigenvalue weighted by atomic mass is 10.5. The van der Waals surface area contributed by atoms with Crippen LogP contribution in [0, 0.1) is 0 Å². The Morgan fingerprint density at radius 2 is 2.28 bits per heavy atom. The highest BCUT2D eigenvalue weighted by atomic mass is 16.6. The Hall–Kier alpha value is -2.15. The number of hydrogen-bond acceptors (Lipinski definition) is 5. The van der Waals surface area contributed by atoms with Crippen molar-refractivity contribution in [2.24, 2.45) is 0 Å². The van der Waals surface area contributed by atoms with Crippen LogP contribution in [0.4, 0.5) is 0 Å². The standard InChI is InChI=1S/C11H13N3O4/c1-17-5-6-18-10(15)8-14-11(16)13-4-2-3-9(13)7-12-14/h2-4,7H,5-6,8H2,1H3. The van der Waals surface area contributed by atoms with E-state index < -0.39 is 5.97 Å². The predicted octanol–water partition coefficient (Wildman–Crippen LogP) is -0.314. The number of esters is 1. The van der Waals surface area contributed by atoms with E-state index in [1.807, 2.05) is 0 Å². The quantitative estimate of drug-likeness (QED) is 0.538. The molecule has 0 saturated carbocycles. The number of hydrogen-bond donors (Lipinski definition) is 0. The summed E-state index contributed by atoms with van der Waals surface area (Å²) in [5.74, 6) is -0.520. The molecule has 96 valence electrons. The molecule has 0 radical (unpaired) electrons. The zero-order valence-corrected chi connectivity index (χ0v) is 9.91. The Morgan fingerprint density at radius 1 is 1.44 bits per heavy atom. The Labute approximate surface area is 103 Å². The Kier molecular flexibility index (Phi) is 3.73. The molecule has 0 bridgehead atoms. The average Bonchev–Trinajstić information content (AvgIpc) is 2.82. The Bertz CT molecular complexity index is 602. The van der Waals surface area contributed by atoms with Crippen LogP contribution < -0.4 is 5.69 Å². The van der Waals surface area contributed by atoms with Gasteiger partial charge in [-0.25, -0.2) is 9.48 Å². The van der Waals surface area contributed by atoms with E-state index in [0.29, 0.717) is 12.1 Å². The van der Waals surface area contributed by atoms with Crippen molar-refractivity contribution in [2.75, 3.05) is 20.3 Å². The minimum absolute atomic E-state index is 0.163. The lowest BCUT2D eigenvalue weighted by Gasteiger charge is -2.06. The van der Waals surface area contributed by atoms with Gasteiger partial charge in [-0.15, -0.1) is 0 Å². The lowest BCUT2D eigenvalue weighted by molar-refractivity contribution is -0.145. The number of carbonyl (C=O) groups is 1. The maximum Gasteiger partial charge on any atom is 0.349 e. The summed E-state index contributed by atoms with van der Waals surface area (Å²) in [7, 11) is 1.51. The van der Waals surface area contributed by atoms with E-state index in [1.165, 1.54) is 17.7 Å². The number of nitrogens with zero attached hydrogens (tertiary/aromatic N) is 3. The third kappa shape index (κ3) is 2.57. The molecule has 0 aliphatic rings. The van der Waals surface area contributed by atoms with Crippen molar-refractivity contribution in [1.29, 1.82) is 0 Å². The number of ether oxygens (including phenoxy) is 2. The highest BCUT2D eigenvalue weighted by Gasteiger charge is 2.08. The fraction of sp³-hybridized carbons (Fsp3) is 0.364. The molecule has 2 aromatic heterocycles. The van der Waals surface area contributed by atoms with Crippen LogP contribution in [-0.2, 0) is 20.8 Å². The molecule has 0 aliphatic heterocycles. The summed E-state index contributed by atoms with van der Waals surface area (Å²) in [5, 5.41) is 3.90. The fourth-order valence-corrected chi connectivity index (χ4v) is 1.49. The first-order valence-electron chi connectivity index (χ1n) is 5.40. The van der Waals surface area contributed by atoms with Crippen molar-refractivity contribution >= 4 is 11.5 Å². The van der Waals surface area contributed by atoms with Gasteiger partial charge in [0.05, 0.1) is 18.3 Å². The molecule has 2 rings (SSSR count). The van der Waals surface area contributed by atoms with Gasteiger partial charge in [-0.3, -0.25) is 9.20 Å². The Morgan fingerprint density at radius 3 is 3.06 bits per heavy atom. The second kappa shape index (κ2) is 5.46. The molecule has 0 atom stereocenters. The third-order valence-electron chi connectivity index (χ3n) is 2.37. The van der Waals surface area contributed by atoms with Gasteiger partial charge < -0.3 is 9.47 Å². The second-order valence-electron chi connectivity index (χ2n) is 3.60. The smallest absolute Gasteiger partial charge is 0.349 e. The largest absolute Gasteiger partial charge is 0.462 e. The molecular weight excluding hydrogens is 238 g/mol. The van der Waals surface area contributed by atoms with Crippen molar-refractivity contribution in [3.63, 3.8) is 0 Å². The van der Waals surface area contributed by atoms with Crippen LogP contribution in [0.15, 0.2) is 29.3 Å². The molecule has 2 heterocycles. The second-order valence-corrected chi connectivity index (χ2v) is 3.60. The van der Waals surface area contributed by atoms with Gasteiger partial charge in [0.1, 0.15) is 13.2 Å². The molecule has 7 heteroatoms. The molecule has 0 aliphatic carbocycles. The van der Waals surface area contributed by atoms with E-state index in [1.54, 1.807) is 18.3 Å². The van der Waals surface area contributed by atoms with Crippen molar-refractivity contribution in [1.82, 2.24) is 14.2 Å². The monoisotopic (exact) mass is 251 g/mol. The van der Waals surface area contributed by atoms with Crippen LogP contribution in [0.1, 0.15) is 0 Å². The van der Waals surface area contributed by atoms with Gasteiger partial charge in [0.15, 0.2) is 0 Å². The molecule has 18 heavy (non-hydrogen) atoms. The first kappa shape index (κ1) is 12.3. The highest BCUT2D eigenvalue weighted by molar-refractivity contribution is 5.69. The van der Waals surface area contributed by atoms with E-state index >= 15 is 0 Å². The van der Waals surface area contributed by atoms with Gasteiger partial charge in [-0.2, -0.15) is 5.10 Å². The minimum atomic E-state index is -0.520. The number of rotatable bonds is 5. The van der Waals surface area contributed by atoms with Gasteiger partial charge in [-0.1, -0.05) is 0 Å². The molecule has 0 N–H and O–H groups in total. The van der Waals surface area contributed by atoms with Crippen molar-refractivity contribution in [3.05, 3.63) is 35.0 Å². The third-order valence-corrected chi connectivity index (χ3v) is 2.37. The van der Waals surface area contributed by atoms with E-state index in [-0.39, 0.29) is 18.8 Å². The number of aromatic nitrogens is 3. The van der Waals surface area contributed by atoms with Crippen LogP contribution >= 0.6 is 0 Å². The lowest BCUT2D eigenvalue weighted by Crippen LogP contribution is -2.31. The molecule has 0 aromatic carbocycles. The van der Waals surface area contributed by atoms with E-state index in [9.17, 15) is 9.59 Å². The number of fused-ring (bicyclic) bond motifs is 1. The fourth-order valence-electron chi connectivity index (χ4n) is 1.49. The molecular formula is C11H13N3O4. The SMILES string of the molecule is COCCOC(=O)Cn1ncc2cccn2c1=O. The molecule has 0 amide bonds. The van der Waals surface area contributed by atoms with Crippen molar-refractivity contribution in [3.8, 4) is 0 Å². The van der Waals surface area contributed by atoms with Crippen LogP contribution in [0.5, 0.6) is 0 Å². The van der Waals surface area contributed by atoms with Crippen LogP contribution in [0.2, 0.25) is 0 Å². The normalized spacial score (nSPS) is 10.7. The maximum absolute atomic E-state index is 11.9. The summed E-state index contributed by atoms with van der Waals surface area (Å²) in [4.78, 5) is 23.3. The first-order valence-corrected chi connectivity index (χ1v) is 5.40. The first-order chi connectivity index (χ1) is 8.72. The van der Waals surface area contributed by atoms with Gasteiger partial charge in [0, 0.05) is 13.3 Å². The van der Waals surface area contributed by atoms with Crippen LogP contribution in [-0.4, -0.2) is 40.5 Å². The van der Waals surface area contributed by atoms with Crippen LogP contribution in [0.3, 0.4) is 0 Å². The highest BCUT2D eigenvalue weighted by Crippen LogP contribution is 1.97. The van der Waals surface area contributed by atoms with Crippen molar-refractivity contribution < 1.29 is 14.3 Å². The molecule has 0 unspecified atom stereocenters. The summed E-state index contributed by atoms with van der Waals surface area (Å²) in [6.07, 6.45) is 3.13. The van der Waals surface area contributed by atoms with E-state index in [2.05, 4.69) is 5.10 Å². The van der Waals surface area contributed by atoms with Gasteiger partial charge >= 0.3 is 11.7 Å². The molecule has 0 spiro atoms. The maximum atomic E-state index is 11.9. The summed E-state index contributed by atoms with van der Waals surface area (Å²) < 4.78 is 12.1. The summed E-state index contributed by atoms with van der Waals surface area (Å²) in [6.45, 7) is 0.275. The number of methoxy groups -OCH3 is 1. The summed E-state index contributed by atoms with van der Waals surface area (Å²) in [6, 6.07) is 3.50. The van der Waals surface area contributed by atoms with Gasteiger partial charge in [0.2, 0.25) is 0 Å². The predicted molar refractivity (Wildman–Crippen MR) is 62.3 cm³/mol. The van der Waals surface area contributed by atoms with Gasteiger partial charge in [0.25, 0.3) is 0 Å². The number of carbonyl (C=O) groups excluding carboxylic acids is 1. The van der Waals surface area contributed by atoms with Crippen molar-refractivity contribution in [2.45, 2.75) is 6.54 Å². The van der Waals surface area contributed by atoms with Crippen LogP contribution in [0.25, 0.3) is 5.52 Å². The summed E-state index contributed by atoms with van der Waals surface area (Å²) in [5.41, 5.74) is 0.310. The minimum Gasteiger partial charge on any atom is -0.462 e. The average molecular weight is 251 g/mol. The zero-order valence-electron chi connectivity index (χ0n) is 9.91. The summed E-state index contributed by atoms with van der Waals surface area (Å²) >= 11 is 0. The topological polar surface area (TPSA) is 74.8 Å². The van der Waals surface area contributed by atoms with E-state index in [0.717, 1.165) is 4.68 Å².